The second kappa shape index (κ2) is 2.19. The van der Waals surface area contributed by atoms with Crippen LogP contribution in [0.25, 0.3) is 0 Å². The van der Waals surface area contributed by atoms with Crippen LogP contribution in [0, 0.1) is 0 Å². The molecule has 0 radical (unpaired) electrons. The van der Waals surface area contributed by atoms with Gasteiger partial charge >= 0.3 is 0 Å². The van der Waals surface area contributed by atoms with Crippen molar-refractivity contribution in [2.24, 2.45) is 0 Å². The maximum Gasteiger partial charge on any atom is 0.188 e. The van der Waals surface area contributed by atoms with Gasteiger partial charge in [0.25, 0.3) is 0 Å². The van der Waals surface area contributed by atoms with Crippen LogP contribution in [-0.2, 0) is 9.57 Å². The maximum absolute atomic E-state index is 5.41. The summed E-state index contributed by atoms with van der Waals surface area (Å²) in [5.74, 6) is 0. The molecule has 2 fully saturated rings. The highest BCUT2D eigenvalue weighted by Gasteiger charge is 2.56. The summed E-state index contributed by atoms with van der Waals surface area (Å²) in [6.45, 7) is 4.70. The van der Waals surface area contributed by atoms with Gasteiger partial charge < -0.3 is 4.74 Å². The molecule has 2 heterocycles. The topological polar surface area (TPSA) is 24.8 Å². The van der Waals surface area contributed by atoms with E-state index in [1.807, 2.05) is 5.06 Å². The van der Waals surface area contributed by atoms with Gasteiger partial charge in [-0.05, 0) is 6.42 Å². The van der Waals surface area contributed by atoms with Crippen molar-refractivity contribution in [3.05, 3.63) is 0 Å². The summed E-state index contributed by atoms with van der Waals surface area (Å²) in [5.41, 5.74) is 0.00694. The molecule has 2 aliphatic rings. The largest absolute Gasteiger partial charge is 0.375 e. The minimum absolute atomic E-state index is 0.00694. The molecule has 0 N–H and O–H groups in total. The molecule has 3 nitrogen and oxygen atoms in total. The number of fused-ring (bicyclic) bond motifs is 1. The van der Waals surface area contributed by atoms with Crippen molar-refractivity contribution in [2.45, 2.75) is 25.5 Å². The molecule has 58 valence electrons. The lowest BCUT2D eigenvalue weighted by atomic mass is 10.1. The SMILES string of the molecule is CCCC12COCCN1O2. The zero-order valence-corrected chi connectivity index (χ0v) is 6.30. The number of nitrogens with zero attached hydrogens (tertiary/aromatic N) is 1. The smallest absolute Gasteiger partial charge is 0.188 e. The normalized spacial score (nSPS) is 44.7. The molecule has 2 aliphatic heterocycles. The third-order valence-corrected chi connectivity index (χ3v) is 2.11. The Morgan fingerprint density at radius 1 is 1.60 bits per heavy atom. The molecule has 2 rings (SSSR count). The third-order valence-electron chi connectivity index (χ3n) is 2.11. The Balaban J connectivity index is 1.92. The van der Waals surface area contributed by atoms with Crippen LogP contribution >= 0.6 is 0 Å². The van der Waals surface area contributed by atoms with Gasteiger partial charge in [-0.25, -0.2) is 0 Å². The van der Waals surface area contributed by atoms with Gasteiger partial charge in [0.2, 0.25) is 0 Å². The summed E-state index contributed by atoms with van der Waals surface area (Å²) in [6, 6.07) is 0. The molecular weight excluding hydrogens is 130 g/mol. The van der Waals surface area contributed by atoms with Gasteiger partial charge in [-0.15, -0.1) is 5.06 Å². The maximum atomic E-state index is 5.41. The molecule has 0 saturated carbocycles. The van der Waals surface area contributed by atoms with E-state index in [1.165, 1.54) is 6.42 Å². The molecule has 0 bridgehead atoms. The molecule has 0 aromatic heterocycles. The number of hydrogen-bond acceptors (Lipinski definition) is 3. The summed E-state index contributed by atoms with van der Waals surface area (Å²) in [7, 11) is 0. The summed E-state index contributed by atoms with van der Waals surface area (Å²) in [6.07, 6.45) is 2.27. The fourth-order valence-electron chi connectivity index (χ4n) is 1.54. The number of hydroxylamine groups is 2. The van der Waals surface area contributed by atoms with Crippen LogP contribution in [0.4, 0.5) is 0 Å². The average molecular weight is 143 g/mol. The summed E-state index contributed by atoms with van der Waals surface area (Å²) >= 11 is 0. The molecule has 10 heavy (non-hydrogen) atoms. The Labute approximate surface area is 60.9 Å². The minimum atomic E-state index is 0.00694. The van der Waals surface area contributed by atoms with Crippen LogP contribution in [0.2, 0.25) is 0 Å². The van der Waals surface area contributed by atoms with E-state index in [0.717, 1.165) is 26.2 Å². The monoisotopic (exact) mass is 143 g/mol. The first-order valence-electron chi connectivity index (χ1n) is 3.92. The van der Waals surface area contributed by atoms with Crippen molar-refractivity contribution in [1.82, 2.24) is 5.06 Å². The summed E-state index contributed by atoms with van der Waals surface area (Å²) < 4.78 is 5.31. The molecule has 2 atom stereocenters. The van der Waals surface area contributed by atoms with Crippen LogP contribution in [0.1, 0.15) is 19.8 Å². The number of hydrogen-bond donors (Lipinski definition) is 0. The van der Waals surface area contributed by atoms with Crippen LogP contribution in [-0.4, -0.2) is 30.5 Å². The lowest BCUT2D eigenvalue weighted by Gasteiger charge is -2.16. The lowest BCUT2D eigenvalue weighted by molar-refractivity contribution is 0.0490. The molecule has 2 unspecified atom stereocenters. The summed E-state index contributed by atoms with van der Waals surface area (Å²) in [4.78, 5) is 5.41. The average Bonchev–Trinajstić information content (AvgIpc) is 2.62. The molecule has 2 saturated heterocycles. The molecule has 0 amide bonds. The van der Waals surface area contributed by atoms with Crippen molar-refractivity contribution in [2.75, 3.05) is 19.8 Å². The highest BCUT2D eigenvalue weighted by Crippen LogP contribution is 2.40. The fourth-order valence-corrected chi connectivity index (χ4v) is 1.54. The molecule has 3 heteroatoms. The van der Waals surface area contributed by atoms with Crippen molar-refractivity contribution in [3.8, 4) is 0 Å². The number of rotatable bonds is 2. The van der Waals surface area contributed by atoms with Crippen LogP contribution in [0.5, 0.6) is 0 Å². The highest BCUT2D eigenvalue weighted by atomic mass is 16.9. The molecule has 0 aromatic rings. The summed E-state index contributed by atoms with van der Waals surface area (Å²) in [5, 5.41) is 2.04. The fraction of sp³-hybridized carbons (Fsp3) is 1.00. The molecule has 0 spiro atoms. The predicted molar refractivity (Wildman–Crippen MR) is 36.2 cm³/mol. The predicted octanol–water partition coefficient (Wildman–Crippen LogP) is 0.760. The van der Waals surface area contributed by atoms with E-state index < -0.39 is 0 Å². The first-order valence-corrected chi connectivity index (χ1v) is 3.92. The van der Waals surface area contributed by atoms with Gasteiger partial charge in [-0.3, -0.25) is 4.84 Å². The molecule has 0 aromatic carbocycles. The Morgan fingerprint density at radius 2 is 2.50 bits per heavy atom. The van der Waals surface area contributed by atoms with Crippen molar-refractivity contribution in [3.63, 3.8) is 0 Å². The van der Waals surface area contributed by atoms with Crippen LogP contribution < -0.4 is 0 Å². The molecule has 0 aliphatic carbocycles. The Bertz CT molecular complexity index is 136. The van der Waals surface area contributed by atoms with Crippen LogP contribution in [0.3, 0.4) is 0 Å². The van der Waals surface area contributed by atoms with Gasteiger partial charge in [0, 0.05) is 0 Å². The van der Waals surface area contributed by atoms with E-state index in [1.54, 1.807) is 0 Å². The zero-order valence-electron chi connectivity index (χ0n) is 6.30. The Morgan fingerprint density at radius 3 is 3.20 bits per heavy atom. The first kappa shape index (κ1) is 6.58. The van der Waals surface area contributed by atoms with E-state index in [9.17, 15) is 0 Å². The van der Waals surface area contributed by atoms with Crippen molar-refractivity contribution < 1.29 is 9.57 Å². The van der Waals surface area contributed by atoms with E-state index >= 15 is 0 Å². The zero-order chi connectivity index (χ0) is 7.03. The van der Waals surface area contributed by atoms with E-state index in [-0.39, 0.29) is 5.72 Å². The van der Waals surface area contributed by atoms with Gasteiger partial charge in [-0.2, -0.15) is 0 Å². The first-order chi connectivity index (χ1) is 4.87. The highest BCUT2D eigenvalue weighted by molar-refractivity contribution is 4.89. The number of ether oxygens (including phenoxy) is 1. The third kappa shape index (κ3) is 0.856. The van der Waals surface area contributed by atoms with Gasteiger partial charge in [0.1, 0.15) is 0 Å². The quantitative estimate of drug-likeness (QED) is 0.533. The van der Waals surface area contributed by atoms with Gasteiger partial charge in [-0.1, -0.05) is 13.3 Å². The molecular formula is C7H13NO2. The lowest BCUT2D eigenvalue weighted by Crippen LogP contribution is -2.32. The van der Waals surface area contributed by atoms with Gasteiger partial charge in [0.15, 0.2) is 5.72 Å². The second-order valence-electron chi connectivity index (χ2n) is 2.94. The Kier molecular flexibility index (Phi) is 1.44. The van der Waals surface area contributed by atoms with E-state index in [0.29, 0.717) is 0 Å². The second-order valence-corrected chi connectivity index (χ2v) is 2.94. The van der Waals surface area contributed by atoms with Crippen LogP contribution in [0.15, 0.2) is 0 Å². The van der Waals surface area contributed by atoms with Gasteiger partial charge in [0.05, 0.1) is 19.8 Å². The number of morpholine rings is 1. The minimum Gasteiger partial charge on any atom is -0.375 e. The van der Waals surface area contributed by atoms with Crippen molar-refractivity contribution in [1.29, 1.82) is 0 Å². The van der Waals surface area contributed by atoms with E-state index in [4.69, 9.17) is 9.57 Å². The van der Waals surface area contributed by atoms with E-state index in [2.05, 4.69) is 6.92 Å². The van der Waals surface area contributed by atoms with Crippen molar-refractivity contribution >= 4 is 0 Å². The Hall–Kier alpha value is -0.120. The standard InChI is InChI=1S/C7H13NO2/c1-2-3-7-6-9-5-4-8(7)10-7/h2-6H2,1H3.